The second-order valence-corrected chi connectivity index (χ2v) is 5.71. The smallest absolute Gasteiger partial charge is 0.316 e. The van der Waals surface area contributed by atoms with Crippen molar-refractivity contribution in [2.45, 2.75) is 0 Å². The van der Waals surface area contributed by atoms with E-state index in [1.165, 1.54) is 0 Å². The fourth-order valence-corrected chi connectivity index (χ4v) is 2.86. The summed E-state index contributed by atoms with van der Waals surface area (Å²) in [4.78, 5) is 8.59. The van der Waals surface area contributed by atoms with Crippen molar-refractivity contribution in [3.63, 3.8) is 0 Å². The third-order valence-corrected chi connectivity index (χ3v) is 4.14. The molecule has 1 aromatic carbocycles. The van der Waals surface area contributed by atoms with Crippen molar-refractivity contribution < 1.29 is 18.5 Å². The molecule has 0 atom stereocenters. The highest BCUT2D eigenvalue weighted by Crippen LogP contribution is 2.32. The molecule has 0 radical (unpaired) electrons. The molecule has 4 rings (SSSR count). The minimum atomic E-state index is 0.152. The lowest BCUT2D eigenvalue weighted by Crippen LogP contribution is -1.91. The molecule has 25 heavy (non-hydrogen) atoms. The number of hydrogen-bond donors (Lipinski definition) is 0. The molecule has 0 aliphatic heterocycles. The number of nitrogens with zero attached hydrogens (tertiary/aromatic N) is 4. The third kappa shape index (κ3) is 2.85. The Kier molecular flexibility index (Phi) is 3.90. The van der Waals surface area contributed by atoms with Crippen LogP contribution in [0.4, 0.5) is 0 Å². The summed E-state index contributed by atoms with van der Waals surface area (Å²) in [5, 5.41) is 11.7. The normalized spacial score (nSPS) is 10.8. The van der Waals surface area contributed by atoms with Gasteiger partial charge in [0.15, 0.2) is 11.5 Å². The van der Waals surface area contributed by atoms with Crippen molar-refractivity contribution in [3.8, 4) is 46.1 Å². The molecule has 126 valence electrons. The van der Waals surface area contributed by atoms with Crippen molar-refractivity contribution in [1.29, 1.82) is 0 Å². The fraction of sp³-hybridized carbons (Fsp3) is 0.125. The van der Waals surface area contributed by atoms with Crippen LogP contribution in [0.1, 0.15) is 0 Å². The number of rotatable bonds is 5. The lowest BCUT2D eigenvalue weighted by molar-refractivity contribution is 0.355. The Morgan fingerprint density at radius 1 is 0.840 bits per heavy atom. The maximum absolute atomic E-state index is 5.28. The molecule has 0 amide bonds. The van der Waals surface area contributed by atoms with Crippen molar-refractivity contribution in [3.05, 3.63) is 35.0 Å². The van der Waals surface area contributed by atoms with Gasteiger partial charge in [0, 0.05) is 16.5 Å². The largest absolute Gasteiger partial charge is 0.493 e. The highest BCUT2D eigenvalue weighted by atomic mass is 32.1. The highest BCUT2D eigenvalue weighted by molar-refractivity contribution is 7.08. The third-order valence-electron chi connectivity index (χ3n) is 3.46. The van der Waals surface area contributed by atoms with E-state index >= 15 is 0 Å². The van der Waals surface area contributed by atoms with Crippen LogP contribution >= 0.6 is 11.3 Å². The van der Waals surface area contributed by atoms with Crippen LogP contribution in [0.3, 0.4) is 0 Å². The fourth-order valence-electron chi connectivity index (χ4n) is 2.22. The van der Waals surface area contributed by atoms with Crippen LogP contribution in [0, 0.1) is 0 Å². The highest BCUT2D eigenvalue weighted by Gasteiger charge is 2.19. The van der Waals surface area contributed by atoms with Crippen LogP contribution in [0.25, 0.3) is 34.6 Å². The predicted octanol–water partition coefficient (Wildman–Crippen LogP) is 3.53. The maximum atomic E-state index is 5.28. The zero-order valence-electron chi connectivity index (χ0n) is 13.3. The second kappa shape index (κ2) is 6.36. The van der Waals surface area contributed by atoms with E-state index in [4.69, 9.17) is 18.5 Å². The second-order valence-electron chi connectivity index (χ2n) is 4.93. The molecule has 3 heterocycles. The molecule has 0 saturated heterocycles. The lowest BCUT2D eigenvalue weighted by atomic mass is 10.2. The number of benzene rings is 1. The molecule has 0 aliphatic rings. The van der Waals surface area contributed by atoms with Gasteiger partial charge in [-0.15, -0.1) is 0 Å². The van der Waals surface area contributed by atoms with E-state index in [0.29, 0.717) is 28.7 Å². The van der Waals surface area contributed by atoms with Gasteiger partial charge in [0.2, 0.25) is 11.6 Å². The van der Waals surface area contributed by atoms with Gasteiger partial charge in [-0.05, 0) is 29.6 Å². The van der Waals surface area contributed by atoms with Gasteiger partial charge in [-0.3, -0.25) is 0 Å². The average Bonchev–Trinajstić information content (AvgIpc) is 3.41. The molecule has 0 saturated carbocycles. The Hall–Kier alpha value is -3.20. The topological polar surface area (TPSA) is 96.3 Å². The van der Waals surface area contributed by atoms with E-state index in [1.54, 1.807) is 43.8 Å². The minimum Gasteiger partial charge on any atom is -0.493 e. The number of methoxy groups -OCH3 is 2. The average molecular weight is 356 g/mol. The summed E-state index contributed by atoms with van der Waals surface area (Å²) < 4.78 is 20.9. The molecule has 0 unspecified atom stereocenters. The molecule has 4 aromatic rings. The quantitative estimate of drug-likeness (QED) is 0.536. The lowest BCUT2D eigenvalue weighted by Gasteiger charge is -2.07. The molecule has 0 N–H and O–H groups in total. The summed E-state index contributed by atoms with van der Waals surface area (Å²) in [5.74, 6) is 2.36. The summed E-state index contributed by atoms with van der Waals surface area (Å²) in [6, 6.07) is 7.24. The van der Waals surface area contributed by atoms with Gasteiger partial charge in [0.05, 0.1) is 14.2 Å². The van der Waals surface area contributed by atoms with E-state index in [9.17, 15) is 0 Å². The number of ether oxygens (including phenoxy) is 2. The van der Waals surface area contributed by atoms with E-state index in [0.717, 1.165) is 5.56 Å². The van der Waals surface area contributed by atoms with E-state index in [-0.39, 0.29) is 11.8 Å². The number of hydrogen-bond acceptors (Lipinski definition) is 9. The van der Waals surface area contributed by atoms with Crippen molar-refractivity contribution in [2.24, 2.45) is 0 Å². The van der Waals surface area contributed by atoms with E-state index in [2.05, 4.69) is 20.3 Å². The van der Waals surface area contributed by atoms with Crippen LogP contribution < -0.4 is 9.47 Å². The molecular formula is C16H12N4O4S. The molecule has 0 aliphatic carbocycles. The van der Waals surface area contributed by atoms with Gasteiger partial charge in [-0.1, -0.05) is 10.3 Å². The predicted molar refractivity (Wildman–Crippen MR) is 89.4 cm³/mol. The van der Waals surface area contributed by atoms with Crippen LogP contribution in [-0.4, -0.2) is 34.5 Å². The maximum Gasteiger partial charge on any atom is 0.316 e. The first-order chi connectivity index (χ1) is 12.3. The molecule has 8 nitrogen and oxygen atoms in total. The van der Waals surface area contributed by atoms with Gasteiger partial charge < -0.3 is 18.5 Å². The van der Waals surface area contributed by atoms with Gasteiger partial charge in [-0.25, -0.2) is 0 Å². The number of thiophene rings is 1. The summed E-state index contributed by atoms with van der Waals surface area (Å²) in [5.41, 5.74) is 1.59. The Morgan fingerprint density at radius 3 is 2.12 bits per heavy atom. The molecule has 0 spiro atoms. The van der Waals surface area contributed by atoms with Crippen LogP contribution in [0.5, 0.6) is 11.5 Å². The molecule has 3 aromatic heterocycles. The molecule has 0 fully saturated rings. The Balaban J connectivity index is 1.64. The Morgan fingerprint density at radius 2 is 1.52 bits per heavy atom. The van der Waals surface area contributed by atoms with Crippen molar-refractivity contribution >= 4 is 11.3 Å². The first-order valence-electron chi connectivity index (χ1n) is 7.21. The Labute approximate surface area is 146 Å². The molecule has 9 heteroatoms. The Bertz CT molecular complexity index is 993. The van der Waals surface area contributed by atoms with Crippen LogP contribution in [0.2, 0.25) is 0 Å². The standard InChI is InChI=1S/C16H12N4O4S/c1-21-11-4-3-9(7-12(11)22-2)13-17-15(23-19-13)16-18-14(20-24-16)10-5-6-25-8-10/h3-8H,1-2H3. The van der Waals surface area contributed by atoms with Crippen LogP contribution in [0.15, 0.2) is 44.1 Å². The summed E-state index contributed by atoms with van der Waals surface area (Å²) in [6.45, 7) is 0. The van der Waals surface area contributed by atoms with Crippen LogP contribution in [-0.2, 0) is 0 Å². The van der Waals surface area contributed by atoms with E-state index in [1.807, 2.05) is 16.8 Å². The van der Waals surface area contributed by atoms with E-state index < -0.39 is 0 Å². The SMILES string of the molecule is COc1ccc(-c2noc(-c3nc(-c4ccsc4)no3)n2)cc1OC. The minimum absolute atomic E-state index is 0.152. The van der Waals surface area contributed by atoms with Crippen molar-refractivity contribution in [1.82, 2.24) is 20.3 Å². The van der Waals surface area contributed by atoms with Gasteiger partial charge in [0.1, 0.15) is 0 Å². The van der Waals surface area contributed by atoms with Gasteiger partial charge in [0.25, 0.3) is 0 Å². The first kappa shape index (κ1) is 15.3. The zero-order chi connectivity index (χ0) is 17.2. The zero-order valence-corrected chi connectivity index (χ0v) is 14.1. The summed E-state index contributed by atoms with van der Waals surface area (Å²) in [6.07, 6.45) is 0. The summed E-state index contributed by atoms with van der Waals surface area (Å²) >= 11 is 1.55. The summed E-state index contributed by atoms with van der Waals surface area (Å²) in [7, 11) is 3.14. The first-order valence-corrected chi connectivity index (χ1v) is 8.15. The number of aromatic nitrogens is 4. The molecular weight excluding hydrogens is 344 g/mol. The van der Waals surface area contributed by atoms with Gasteiger partial charge >= 0.3 is 11.8 Å². The monoisotopic (exact) mass is 356 g/mol. The van der Waals surface area contributed by atoms with Gasteiger partial charge in [-0.2, -0.15) is 21.3 Å². The van der Waals surface area contributed by atoms with Crippen molar-refractivity contribution in [2.75, 3.05) is 14.2 Å². The molecule has 0 bridgehead atoms.